The molecule has 0 radical (unpaired) electrons. The highest BCUT2D eigenvalue weighted by atomic mass is 35.5. The van der Waals surface area contributed by atoms with E-state index >= 15 is 0 Å². The predicted octanol–water partition coefficient (Wildman–Crippen LogP) is 4.18. The fourth-order valence-electron chi connectivity index (χ4n) is 2.48. The fraction of sp³-hybridized carbons (Fsp3) is 0.438. The summed E-state index contributed by atoms with van der Waals surface area (Å²) >= 11 is 12.4. The molecular weight excluding hydrogens is 305 g/mol. The number of rotatable bonds is 6. The third kappa shape index (κ3) is 3.79. The summed E-state index contributed by atoms with van der Waals surface area (Å²) in [5.41, 5.74) is 3.23. The Hall–Kier alpha value is -1.03. The van der Waals surface area contributed by atoms with Crippen molar-refractivity contribution in [1.29, 1.82) is 0 Å². The van der Waals surface area contributed by atoms with Crippen LogP contribution < -0.4 is 5.32 Å². The molecule has 2 rings (SSSR count). The van der Waals surface area contributed by atoms with Gasteiger partial charge in [0.2, 0.25) is 0 Å². The zero-order valence-corrected chi connectivity index (χ0v) is 14.2. The van der Waals surface area contributed by atoms with Crippen molar-refractivity contribution in [3.8, 4) is 0 Å². The highest BCUT2D eigenvalue weighted by Crippen LogP contribution is 2.27. The molecule has 0 fully saturated rings. The van der Waals surface area contributed by atoms with Crippen LogP contribution in [0.5, 0.6) is 0 Å². The molecule has 1 heterocycles. The second-order valence-corrected chi connectivity index (χ2v) is 5.86. The second kappa shape index (κ2) is 7.30. The largest absolute Gasteiger partial charge is 0.310 e. The number of nitrogens with zero attached hydrogens (tertiary/aromatic N) is 2. The van der Waals surface area contributed by atoms with Gasteiger partial charge < -0.3 is 5.32 Å². The van der Waals surface area contributed by atoms with Gasteiger partial charge in [0.25, 0.3) is 0 Å². The van der Waals surface area contributed by atoms with Crippen molar-refractivity contribution in [2.45, 2.75) is 32.7 Å². The lowest BCUT2D eigenvalue weighted by molar-refractivity contribution is 0.528. The molecule has 3 nitrogen and oxygen atoms in total. The lowest BCUT2D eigenvalue weighted by Gasteiger charge is -2.19. The lowest BCUT2D eigenvalue weighted by atomic mass is 10.0. The van der Waals surface area contributed by atoms with Crippen LogP contribution in [-0.2, 0) is 19.9 Å². The zero-order valence-electron chi connectivity index (χ0n) is 12.7. The van der Waals surface area contributed by atoms with Crippen LogP contribution in [0.25, 0.3) is 0 Å². The van der Waals surface area contributed by atoms with E-state index in [0.717, 1.165) is 40.8 Å². The van der Waals surface area contributed by atoms with Crippen molar-refractivity contribution in [1.82, 2.24) is 15.1 Å². The number of hydrogen-bond donors (Lipinski definition) is 1. The second-order valence-electron chi connectivity index (χ2n) is 5.05. The molecular formula is C16H21Cl2N3. The van der Waals surface area contributed by atoms with E-state index in [1.807, 2.05) is 23.9 Å². The number of nitrogens with one attached hydrogen (secondary N) is 1. The monoisotopic (exact) mass is 325 g/mol. The minimum absolute atomic E-state index is 0.199. The smallest absolute Gasteiger partial charge is 0.0850 e. The van der Waals surface area contributed by atoms with E-state index in [0.29, 0.717) is 0 Å². The number of aryl methyl sites for hydroxylation is 2. The Kier molecular flexibility index (Phi) is 5.68. The van der Waals surface area contributed by atoms with Crippen LogP contribution >= 0.6 is 23.2 Å². The fourth-order valence-corrected chi connectivity index (χ4v) is 2.98. The summed E-state index contributed by atoms with van der Waals surface area (Å²) < 4.78 is 1.89. The van der Waals surface area contributed by atoms with Gasteiger partial charge in [0, 0.05) is 24.5 Å². The number of halogens is 2. The summed E-state index contributed by atoms with van der Waals surface area (Å²) in [4.78, 5) is 0. The SMILES string of the molecule is CCNC(Cc1c(Cl)c(CC)nn1C)c1ccc(Cl)cc1. The normalized spacial score (nSPS) is 12.6. The number of benzene rings is 1. The van der Waals surface area contributed by atoms with Gasteiger partial charge in [0.05, 0.1) is 16.4 Å². The van der Waals surface area contributed by atoms with Crippen molar-refractivity contribution in [2.24, 2.45) is 7.05 Å². The van der Waals surface area contributed by atoms with Crippen molar-refractivity contribution >= 4 is 23.2 Å². The van der Waals surface area contributed by atoms with E-state index in [9.17, 15) is 0 Å². The van der Waals surface area contributed by atoms with Gasteiger partial charge in [-0.1, -0.05) is 49.2 Å². The molecule has 0 saturated carbocycles. The molecule has 21 heavy (non-hydrogen) atoms. The van der Waals surface area contributed by atoms with E-state index < -0.39 is 0 Å². The number of aromatic nitrogens is 2. The zero-order chi connectivity index (χ0) is 15.4. The van der Waals surface area contributed by atoms with Crippen LogP contribution in [0.1, 0.15) is 36.8 Å². The maximum Gasteiger partial charge on any atom is 0.0850 e. The van der Waals surface area contributed by atoms with E-state index in [4.69, 9.17) is 23.2 Å². The first-order chi connectivity index (χ1) is 10.1. The highest BCUT2D eigenvalue weighted by molar-refractivity contribution is 6.32. The van der Waals surface area contributed by atoms with Crippen molar-refractivity contribution in [3.05, 3.63) is 51.3 Å². The summed E-state index contributed by atoms with van der Waals surface area (Å²) in [6, 6.07) is 8.15. The molecule has 0 bridgehead atoms. The molecule has 1 N–H and O–H groups in total. The molecule has 1 unspecified atom stereocenters. The molecule has 5 heteroatoms. The average molecular weight is 326 g/mol. The van der Waals surface area contributed by atoms with Crippen molar-refractivity contribution < 1.29 is 0 Å². The average Bonchev–Trinajstić information content (AvgIpc) is 2.75. The number of likely N-dealkylation sites (N-methyl/N-ethyl adjacent to an activating group) is 1. The molecule has 0 spiro atoms. The van der Waals surface area contributed by atoms with Crippen LogP contribution in [0.4, 0.5) is 0 Å². The van der Waals surface area contributed by atoms with Crippen molar-refractivity contribution in [2.75, 3.05) is 6.54 Å². The third-order valence-electron chi connectivity index (χ3n) is 3.62. The molecule has 0 aliphatic heterocycles. The first-order valence-corrected chi connectivity index (χ1v) is 8.01. The Morgan fingerprint density at radius 1 is 1.19 bits per heavy atom. The summed E-state index contributed by atoms with van der Waals surface area (Å²) in [7, 11) is 1.95. The molecule has 0 amide bonds. The Labute approximate surface area is 136 Å². The molecule has 114 valence electrons. The molecule has 1 atom stereocenters. The van der Waals surface area contributed by atoms with Gasteiger partial charge >= 0.3 is 0 Å². The van der Waals surface area contributed by atoms with Gasteiger partial charge in [-0.2, -0.15) is 5.10 Å². The Morgan fingerprint density at radius 3 is 2.38 bits per heavy atom. The van der Waals surface area contributed by atoms with E-state index in [2.05, 4.69) is 36.4 Å². The van der Waals surface area contributed by atoms with E-state index in [1.54, 1.807) is 0 Å². The van der Waals surface area contributed by atoms with Gasteiger partial charge in [-0.3, -0.25) is 4.68 Å². The molecule has 0 saturated heterocycles. The molecule has 0 aliphatic carbocycles. The van der Waals surface area contributed by atoms with Crippen LogP contribution in [0.15, 0.2) is 24.3 Å². The van der Waals surface area contributed by atoms with Crippen LogP contribution in [0.3, 0.4) is 0 Å². The van der Waals surface area contributed by atoms with Crippen LogP contribution in [-0.4, -0.2) is 16.3 Å². The van der Waals surface area contributed by atoms with Gasteiger partial charge in [-0.25, -0.2) is 0 Å². The Balaban J connectivity index is 2.28. The van der Waals surface area contributed by atoms with Crippen LogP contribution in [0, 0.1) is 0 Å². The lowest BCUT2D eigenvalue weighted by Crippen LogP contribution is -2.24. The molecule has 2 aromatic rings. The third-order valence-corrected chi connectivity index (χ3v) is 4.31. The van der Waals surface area contributed by atoms with Gasteiger partial charge in [0.1, 0.15) is 0 Å². The standard InChI is InChI=1S/C16H21Cl2N3/c1-4-13-16(18)15(21(3)20-13)10-14(19-5-2)11-6-8-12(17)9-7-11/h6-9,14,19H,4-5,10H2,1-3H3. The Bertz CT molecular complexity index is 590. The molecule has 0 aliphatic rings. The van der Waals surface area contributed by atoms with Gasteiger partial charge in [-0.15, -0.1) is 0 Å². The highest BCUT2D eigenvalue weighted by Gasteiger charge is 2.18. The first-order valence-electron chi connectivity index (χ1n) is 7.25. The maximum absolute atomic E-state index is 6.45. The topological polar surface area (TPSA) is 29.9 Å². The first kappa shape index (κ1) is 16.3. The molecule has 1 aromatic carbocycles. The maximum atomic E-state index is 6.45. The summed E-state index contributed by atoms with van der Waals surface area (Å²) in [6.07, 6.45) is 1.65. The van der Waals surface area contributed by atoms with Gasteiger partial charge in [-0.05, 0) is 30.7 Å². The quantitative estimate of drug-likeness (QED) is 0.863. The van der Waals surface area contributed by atoms with Gasteiger partial charge in [0.15, 0.2) is 0 Å². The van der Waals surface area contributed by atoms with E-state index in [-0.39, 0.29) is 6.04 Å². The minimum Gasteiger partial charge on any atom is -0.310 e. The molecule has 1 aromatic heterocycles. The Morgan fingerprint density at radius 2 is 1.86 bits per heavy atom. The number of hydrogen-bond acceptors (Lipinski definition) is 2. The van der Waals surface area contributed by atoms with Crippen molar-refractivity contribution in [3.63, 3.8) is 0 Å². The summed E-state index contributed by atoms with van der Waals surface area (Å²) in [5.74, 6) is 0. The van der Waals surface area contributed by atoms with E-state index in [1.165, 1.54) is 5.56 Å². The summed E-state index contributed by atoms with van der Waals surface area (Å²) in [5, 5.41) is 9.53. The summed E-state index contributed by atoms with van der Waals surface area (Å²) in [6.45, 7) is 5.06. The predicted molar refractivity (Wildman–Crippen MR) is 89.2 cm³/mol. The minimum atomic E-state index is 0.199. The van der Waals surface area contributed by atoms with Crippen LogP contribution in [0.2, 0.25) is 10.0 Å².